The maximum atomic E-state index is 12.9. The van der Waals surface area contributed by atoms with Crippen LogP contribution in [0.4, 0.5) is 0 Å². The second-order valence-corrected chi connectivity index (χ2v) is 8.74. The predicted molar refractivity (Wildman–Crippen MR) is 106 cm³/mol. The van der Waals surface area contributed by atoms with Gasteiger partial charge in [-0.2, -0.15) is 4.31 Å². The zero-order valence-corrected chi connectivity index (χ0v) is 16.9. The molecule has 0 unspecified atom stereocenters. The molecule has 0 aliphatic carbocycles. The molecule has 0 saturated carbocycles. The summed E-state index contributed by atoms with van der Waals surface area (Å²) in [6.07, 6.45) is 2.67. The zero-order chi connectivity index (χ0) is 20.0. The van der Waals surface area contributed by atoms with Crippen molar-refractivity contribution in [2.24, 2.45) is 0 Å². The first-order chi connectivity index (χ1) is 13.5. The van der Waals surface area contributed by atoms with Gasteiger partial charge in [0, 0.05) is 18.1 Å². The Morgan fingerprint density at radius 1 is 0.964 bits per heavy atom. The molecule has 0 N–H and O–H groups in total. The minimum atomic E-state index is -3.73. The molecule has 2 aromatic rings. The first-order valence-corrected chi connectivity index (χ1v) is 10.9. The highest BCUT2D eigenvalue weighted by atomic mass is 35.5. The molecular formula is C20H22ClNO5S. The van der Waals surface area contributed by atoms with Crippen molar-refractivity contribution in [2.75, 3.05) is 26.3 Å². The second kappa shape index (κ2) is 9.41. The third-order valence-corrected chi connectivity index (χ3v) is 6.65. The van der Waals surface area contributed by atoms with Crippen LogP contribution in [0.15, 0.2) is 53.4 Å². The summed E-state index contributed by atoms with van der Waals surface area (Å²) < 4.78 is 38.0. The van der Waals surface area contributed by atoms with Gasteiger partial charge in [-0.3, -0.25) is 0 Å². The van der Waals surface area contributed by atoms with E-state index in [2.05, 4.69) is 0 Å². The highest BCUT2D eigenvalue weighted by Gasteiger charge is 2.30. The van der Waals surface area contributed by atoms with Crippen LogP contribution in [0, 0.1) is 0 Å². The number of esters is 1. The van der Waals surface area contributed by atoms with E-state index >= 15 is 0 Å². The van der Waals surface area contributed by atoms with Gasteiger partial charge in [-0.25, -0.2) is 13.2 Å². The van der Waals surface area contributed by atoms with Crippen LogP contribution in [-0.4, -0.2) is 45.0 Å². The van der Waals surface area contributed by atoms with Crippen LogP contribution < -0.4 is 4.74 Å². The Bertz CT molecular complexity index is 908. The lowest BCUT2D eigenvalue weighted by atomic mass is 10.2. The third-order valence-electron chi connectivity index (χ3n) is 4.44. The number of rotatable bonds is 7. The predicted octanol–water partition coefficient (Wildman–Crippen LogP) is 3.75. The molecule has 0 amide bonds. The number of hydrogen-bond donors (Lipinski definition) is 0. The average molecular weight is 424 g/mol. The fourth-order valence-electron chi connectivity index (χ4n) is 3.01. The van der Waals surface area contributed by atoms with E-state index in [-0.39, 0.29) is 23.7 Å². The molecule has 2 aromatic carbocycles. The summed E-state index contributed by atoms with van der Waals surface area (Å²) in [4.78, 5) is 12.5. The maximum absolute atomic E-state index is 12.9. The fraction of sp³-hybridized carbons (Fsp3) is 0.350. The average Bonchev–Trinajstić information content (AvgIpc) is 2.73. The van der Waals surface area contributed by atoms with Crippen molar-refractivity contribution in [3.63, 3.8) is 0 Å². The second-order valence-electron chi connectivity index (χ2n) is 6.40. The molecule has 0 radical (unpaired) electrons. The zero-order valence-electron chi connectivity index (χ0n) is 15.3. The lowest BCUT2D eigenvalue weighted by molar-refractivity contribution is 0.0446. The summed E-state index contributed by atoms with van der Waals surface area (Å²) in [5, 5.41) is 0.602. The Balaban J connectivity index is 1.63. The minimum absolute atomic E-state index is 0.000441. The third kappa shape index (κ3) is 5.04. The van der Waals surface area contributed by atoms with E-state index in [0.29, 0.717) is 23.9 Å². The van der Waals surface area contributed by atoms with E-state index in [0.717, 1.165) is 19.3 Å². The van der Waals surface area contributed by atoms with Gasteiger partial charge in [0.25, 0.3) is 0 Å². The Hall–Kier alpha value is -2.09. The lowest BCUT2D eigenvalue weighted by Crippen LogP contribution is -2.36. The van der Waals surface area contributed by atoms with E-state index < -0.39 is 16.0 Å². The van der Waals surface area contributed by atoms with Crippen LogP contribution >= 0.6 is 11.6 Å². The molecule has 6 nitrogen and oxygen atoms in total. The van der Waals surface area contributed by atoms with Gasteiger partial charge in [0.2, 0.25) is 10.0 Å². The van der Waals surface area contributed by atoms with Crippen LogP contribution in [0.2, 0.25) is 5.02 Å². The van der Waals surface area contributed by atoms with E-state index in [1.54, 1.807) is 36.4 Å². The number of halogens is 1. The molecule has 1 saturated heterocycles. The van der Waals surface area contributed by atoms with Gasteiger partial charge in [0.1, 0.15) is 19.0 Å². The smallest absolute Gasteiger partial charge is 0.339 e. The van der Waals surface area contributed by atoms with Gasteiger partial charge in [0.05, 0.1) is 10.5 Å². The normalized spacial score (nSPS) is 15.2. The van der Waals surface area contributed by atoms with Crippen molar-refractivity contribution in [3.05, 3.63) is 59.1 Å². The highest BCUT2D eigenvalue weighted by Crippen LogP contribution is 2.24. The summed E-state index contributed by atoms with van der Waals surface area (Å²) in [5.41, 5.74) is 0.0413. The van der Waals surface area contributed by atoms with E-state index in [1.807, 2.05) is 0 Å². The molecule has 0 spiro atoms. The number of carbonyl (C=O) groups is 1. The summed E-state index contributed by atoms with van der Waals surface area (Å²) in [6.45, 7) is 1.09. The van der Waals surface area contributed by atoms with Crippen LogP contribution in [0.5, 0.6) is 5.75 Å². The van der Waals surface area contributed by atoms with Gasteiger partial charge in [-0.05, 0) is 49.2 Å². The highest BCUT2D eigenvalue weighted by molar-refractivity contribution is 7.89. The number of ether oxygens (including phenoxy) is 2. The summed E-state index contributed by atoms with van der Waals surface area (Å²) in [6, 6.07) is 13.0. The van der Waals surface area contributed by atoms with Crippen molar-refractivity contribution >= 4 is 27.6 Å². The standard InChI is InChI=1S/C20H22ClNO5S/c21-16-8-10-17(11-9-16)26-14-15-27-20(23)18-6-2-3-7-19(18)28(24,25)22-12-4-1-5-13-22/h2-3,6-11H,1,4-5,12-15H2. The van der Waals surface area contributed by atoms with Gasteiger partial charge in [-0.15, -0.1) is 0 Å². The molecule has 0 atom stereocenters. The summed E-state index contributed by atoms with van der Waals surface area (Å²) in [7, 11) is -3.73. The number of piperidine rings is 1. The summed E-state index contributed by atoms with van der Waals surface area (Å²) in [5.74, 6) is -0.0792. The van der Waals surface area contributed by atoms with E-state index in [4.69, 9.17) is 21.1 Å². The van der Waals surface area contributed by atoms with Crippen LogP contribution in [0.3, 0.4) is 0 Å². The van der Waals surface area contributed by atoms with Gasteiger partial charge in [-0.1, -0.05) is 30.2 Å². The van der Waals surface area contributed by atoms with E-state index in [9.17, 15) is 13.2 Å². The number of carbonyl (C=O) groups excluding carboxylic acids is 1. The topological polar surface area (TPSA) is 72.9 Å². The molecule has 0 aromatic heterocycles. The number of hydrogen-bond acceptors (Lipinski definition) is 5. The Labute approximate surface area is 170 Å². The maximum Gasteiger partial charge on any atom is 0.339 e. The minimum Gasteiger partial charge on any atom is -0.490 e. The van der Waals surface area contributed by atoms with E-state index in [1.165, 1.54) is 16.4 Å². The number of nitrogens with zero attached hydrogens (tertiary/aromatic N) is 1. The molecule has 1 aliphatic rings. The quantitative estimate of drug-likeness (QED) is 0.501. The fourth-order valence-corrected chi connectivity index (χ4v) is 4.83. The SMILES string of the molecule is O=C(OCCOc1ccc(Cl)cc1)c1ccccc1S(=O)(=O)N1CCCCC1. The van der Waals surface area contributed by atoms with Crippen molar-refractivity contribution in [1.29, 1.82) is 0 Å². The molecule has 1 heterocycles. The molecule has 28 heavy (non-hydrogen) atoms. The Morgan fingerprint density at radius 2 is 1.64 bits per heavy atom. The Kier molecular flexibility index (Phi) is 6.93. The van der Waals surface area contributed by atoms with Crippen LogP contribution in [0.25, 0.3) is 0 Å². The van der Waals surface area contributed by atoms with Gasteiger partial charge < -0.3 is 9.47 Å². The molecule has 150 valence electrons. The molecule has 8 heteroatoms. The van der Waals surface area contributed by atoms with Crippen molar-refractivity contribution in [1.82, 2.24) is 4.31 Å². The summed E-state index contributed by atoms with van der Waals surface area (Å²) >= 11 is 5.81. The number of benzene rings is 2. The molecule has 1 fully saturated rings. The largest absolute Gasteiger partial charge is 0.490 e. The number of sulfonamides is 1. The Morgan fingerprint density at radius 3 is 2.36 bits per heavy atom. The van der Waals surface area contributed by atoms with Crippen molar-refractivity contribution in [2.45, 2.75) is 24.2 Å². The first-order valence-electron chi connectivity index (χ1n) is 9.13. The van der Waals surface area contributed by atoms with Crippen molar-refractivity contribution < 1.29 is 22.7 Å². The van der Waals surface area contributed by atoms with Crippen LogP contribution in [0.1, 0.15) is 29.6 Å². The van der Waals surface area contributed by atoms with Gasteiger partial charge in [0.15, 0.2) is 0 Å². The first kappa shape index (κ1) is 20.6. The lowest BCUT2D eigenvalue weighted by Gasteiger charge is -2.26. The molecule has 3 rings (SSSR count). The van der Waals surface area contributed by atoms with Gasteiger partial charge >= 0.3 is 5.97 Å². The molecule has 1 aliphatic heterocycles. The monoisotopic (exact) mass is 423 g/mol. The van der Waals surface area contributed by atoms with Crippen molar-refractivity contribution in [3.8, 4) is 5.75 Å². The molecule has 0 bridgehead atoms. The molecular weight excluding hydrogens is 402 g/mol. The van der Waals surface area contributed by atoms with Crippen LogP contribution in [-0.2, 0) is 14.8 Å².